The van der Waals surface area contributed by atoms with Crippen molar-refractivity contribution >= 4 is 28.9 Å². The van der Waals surface area contributed by atoms with Crippen LogP contribution >= 0.6 is 12.2 Å². The van der Waals surface area contributed by atoms with Crippen LogP contribution in [0.3, 0.4) is 0 Å². The molecule has 0 spiro atoms. The van der Waals surface area contributed by atoms with Gasteiger partial charge in [-0.15, -0.1) is 0 Å². The number of hydrogen-bond donors (Lipinski definition) is 1. The normalized spacial score (nSPS) is 13.8. The molecule has 0 saturated heterocycles. The number of ether oxygens (including phenoxy) is 1. The summed E-state index contributed by atoms with van der Waals surface area (Å²) in [5.41, 5.74) is 6.03. The van der Waals surface area contributed by atoms with E-state index in [2.05, 4.69) is 38.1 Å². The van der Waals surface area contributed by atoms with Crippen LogP contribution in [0.25, 0.3) is 11.6 Å². The van der Waals surface area contributed by atoms with Crippen LogP contribution in [0.5, 0.6) is 11.5 Å². The van der Waals surface area contributed by atoms with Crippen molar-refractivity contribution in [3.63, 3.8) is 0 Å². The van der Waals surface area contributed by atoms with Crippen LogP contribution in [0.1, 0.15) is 42.5 Å². The van der Waals surface area contributed by atoms with Crippen LogP contribution in [0.2, 0.25) is 0 Å². The van der Waals surface area contributed by atoms with Gasteiger partial charge in [-0.3, -0.25) is 0 Å². The zero-order chi connectivity index (χ0) is 16.4. The third kappa shape index (κ3) is 3.30. The quantitative estimate of drug-likeness (QED) is 0.790. The summed E-state index contributed by atoms with van der Waals surface area (Å²) < 4.78 is 5.73. The van der Waals surface area contributed by atoms with E-state index in [1.54, 1.807) is 12.1 Å². The molecule has 1 aliphatic rings. The Bertz CT molecular complexity index is 790. The Labute approximate surface area is 142 Å². The molecule has 0 amide bonds. The first-order valence-corrected chi connectivity index (χ1v) is 8.38. The fourth-order valence-electron chi connectivity index (χ4n) is 2.93. The number of rotatable bonds is 3. The van der Waals surface area contributed by atoms with Gasteiger partial charge in [0.05, 0.1) is 0 Å². The number of phenols is 1. The van der Waals surface area contributed by atoms with E-state index in [0.717, 1.165) is 18.4 Å². The van der Waals surface area contributed by atoms with Crippen LogP contribution in [-0.2, 0) is 12.8 Å². The third-order valence-corrected chi connectivity index (χ3v) is 4.42. The number of thiocarbonyl (C=S) groups is 1. The zero-order valence-electron chi connectivity index (χ0n) is 13.4. The van der Waals surface area contributed by atoms with Gasteiger partial charge in [-0.05, 0) is 65.5 Å². The van der Waals surface area contributed by atoms with Crippen molar-refractivity contribution in [1.82, 2.24) is 0 Å². The summed E-state index contributed by atoms with van der Waals surface area (Å²) in [5.74, 6) is 0.804. The van der Waals surface area contributed by atoms with E-state index in [-0.39, 0.29) is 5.75 Å². The summed E-state index contributed by atoms with van der Waals surface area (Å²) in [6, 6.07) is 11.8. The molecule has 0 saturated carbocycles. The predicted molar refractivity (Wildman–Crippen MR) is 99.0 cm³/mol. The second kappa shape index (κ2) is 6.55. The van der Waals surface area contributed by atoms with Gasteiger partial charge in [0.15, 0.2) is 5.05 Å². The van der Waals surface area contributed by atoms with E-state index in [9.17, 15) is 5.11 Å². The molecule has 0 aromatic heterocycles. The van der Waals surface area contributed by atoms with E-state index in [4.69, 9.17) is 17.0 Å². The topological polar surface area (TPSA) is 29.5 Å². The van der Waals surface area contributed by atoms with Gasteiger partial charge in [-0.25, -0.2) is 0 Å². The fraction of sp³-hybridized carbons (Fsp3) is 0.250. The van der Waals surface area contributed by atoms with Gasteiger partial charge in [0.1, 0.15) is 11.5 Å². The molecule has 2 nitrogen and oxygen atoms in total. The van der Waals surface area contributed by atoms with Gasteiger partial charge in [0.25, 0.3) is 0 Å². The number of phenolic OH excluding ortho intramolecular Hbond substituents is 1. The number of aryl methyl sites for hydroxylation is 2. The van der Waals surface area contributed by atoms with E-state index in [1.165, 1.54) is 22.3 Å². The summed E-state index contributed by atoms with van der Waals surface area (Å²) in [5, 5.41) is 10.2. The molecule has 0 fully saturated rings. The third-order valence-electron chi connectivity index (χ3n) is 4.19. The molecule has 1 heterocycles. The number of fused-ring (bicyclic) bond motifs is 1. The molecule has 0 radical (unpaired) electrons. The molecule has 118 valence electrons. The van der Waals surface area contributed by atoms with E-state index < -0.39 is 0 Å². The standard InChI is InChI=1S/C20H20O2S/c1-3-13-5-8-18(14(4-2)9-13)16-10-15-6-7-17(21)12-19(15)22-20(23)11-16/h5-10,12,21H,3-4,11H2,1-2H3. The van der Waals surface area contributed by atoms with Crippen molar-refractivity contribution in [2.45, 2.75) is 33.1 Å². The van der Waals surface area contributed by atoms with Crippen LogP contribution < -0.4 is 4.74 Å². The lowest BCUT2D eigenvalue weighted by Gasteiger charge is -2.12. The van der Waals surface area contributed by atoms with Crippen molar-refractivity contribution in [3.05, 3.63) is 58.7 Å². The summed E-state index contributed by atoms with van der Waals surface area (Å²) in [6.07, 6.45) is 4.74. The van der Waals surface area contributed by atoms with E-state index in [0.29, 0.717) is 17.2 Å². The SMILES string of the molecule is CCc1ccc(C2=Cc3ccc(O)cc3OC(=S)C2)c(CC)c1. The van der Waals surface area contributed by atoms with Crippen molar-refractivity contribution in [2.24, 2.45) is 0 Å². The summed E-state index contributed by atoms with van der Waals surface area (Å²) in [6.45, 7) is 4.35. The van der Waals surface area contributed by atoms with Crippen molar-refractivity contribution in [3.8, 4) is 11.5 Å². The van der Waals surface area contributed by atoms with Crippen LogP contribution in [0.15, 0.2) is 36.4 Å². The lowest BCUT2D eigenvalue weighted by Crippen LogP contribution is -2.05. The number of hydrogen-bond acceptors (Lipinski definition) is 3. The van der Waals surface area contributed by atoms with Gasteiger partial charge in [0.2, 0.25) is 0 Å². The molecule has 0 aliphatic carbocycles. The Hall–Kier alpha value is -2.13. The highest BCUT2D eigenvalue weighted by Gasteiger charge is 2.17. The first kappa shape index (κ1) is 15.8. The lowest BCUT2D eigenvalue weighted by atomic mass is 9.92. The maximum atomic E-state index is 9.65. The summed E-state index contributed by atoms with van der Waals surface area (Å²) in [4.78, 5) is 0. The Morgan fingerprint density at radius 1 is 1.09 bits per heavy atom. The highest BCUT2D eigenvalue weighted by molar-refractivity contribution is 7.80. The minimum atomic E-state index is 0.185. The van der Waals surface area contributed by atoms with Crippen molar-refractivity contribution in [2.75, 3.05) is 0 Å². The van der Waals surface area contributed by atoms with Gasteiger partial charge in [-0.2, -0.15) is 0 Å². The van der Waals surface area contributed by atoms with Gasteiger partial charge in [0, 0.05) is 18.1 Å². The molecule has 23 heavy (non-hydrogen) atoms. The highest BCUT2D eigenvalue weighted by Crippen LogP contribution is 2.35. The Morgan fingerprint density at radius 2 is 1.91 bits per heavy atom. The molecular weight excluding hydrogens is 304 g/mol. The van der Waals surface area contributed by atoms with Gasteiger partial charge in [-0.1, -0.05) is 32.0 Å². The Kier molecular flexibility index (Phi) is 4.49. The molecule has 0 atom stereocenters. The largest absolute Gasteiger partial charge is 0.508 e. The molecule has 2 aromatic rings. The molecule has 0 bridgehead atoms. The van der Waals surface area contributed by atoms with Crippen LogP contribution in [-0.4, -0.2) is 10.2 Å². The molecule has 2 aromatic carbocycles. The molecule has 3 heteroatoms. The van der Waals surface area contributed by atoms with Gasteiger partial charge >= 0.3 is 0 Å². The zero-order valence-corrected chi connectivity index (χ0v) is 14.2. The van der Waals surface area contributed by atoms with E-state index in [1.807, 2.05) is 6.07 Å². The summed E-state index contributed by atoms with van der Waals surface area (Å²) >= 11 is 5.37. The number of benzene rings is 2. The minimum Gasteiger partial charge on any atom is -0.508 e. The van der Waals surface area contributed by atoms with Crippen LogP contribution in [0, 0.1) is 0 Å². The average Bonchev–Trinajstić information content (AvgIpc) is 2.71. The second-order valence-corrected chi connectivity index (χ2v) is 6.20. The highest BCUT2D eigenvalue weighted by atomic mass is 32.1. The smallest absolute Gasteiger partial charge is 0.171 e. The number of aromatic hydroxyl groups is 1. The fourth-order valence-corrected chi connectivity index (χ4v) is 3.17. The first-order chi connectivity index (χ1) is 11.1. The van der Waals surface area contributed by atoms with Crippen molar-refractivity contribution < 1.29 is 9.84 Å². The maximum Gasteiger partial charge on any atom is 0.171 e. The van der Waals surface area contributed by atoms with Crippen molar-refractivity contribution in [1.29, 1.82) is 0 Å². The first-order valence-electron chi connectivity index (χ1n) is 7.97. The Balaban J connectivity index is 2.11. The molecule has 0 unspecified atom stereocenters. The van der Waals surface area contributed by atoms with E-state index >= 15 is 0 Å². The lowest BCUT2D eigenvalue weighted by molar-refractivity contribution is 0.469. The maximum absolute atomic E-state index is 9.65. The summed E-state index contributed by atoms with van der Waals surface area (Å²) in [7, 11) is 0. The molecular formula is C20H20O2S. The predicted octanol–water partition coefficient (Wildman–Crippen LogP) is 5.17. The monoisotopic (exact) mass is 324 g/mol. The molecule has 1 N–H and O–H groups in total. The Morgan fingerprint density at radius 3 is 2.65 bits per heavy atom. The average molecular weight is 324 g/mol. The second-order valence-electron chi connectivity index (χ2n) is 5.74. The minimum absolute atomic E-state index is 0.185. The molecule has 1 aliphatic heterocycles. The molecule has 3 rings (SSSR count). The van der Waals surface area contributed by atoms with Gasteiger partial charge < -0.3 is 9.84 Å². The van der Waals surface area contributed by atoms with Crippen LogP contribution in [0.4, 0.5) is 0 Å².